The fourth-order valence-electron chi connectivity index (χ4n) is 1.33. The van der Waals surface area contributed by atoms with Crippen molar-refractivity contribution in [1.82, 2.24) is 4.90 Å². The summed E-state index contributed by atoms with van der Waals surface area (Å²) in [6, 6.07) is 0. The predicted octanol–water partition coefficient (Wildman–Crippen LogP) is 2.29. The lowest BCUT2D eigenvalue weighted by Crippen LogP contribution is -2.18. The van der Waals surface area contributed by atoms with Crippen LogP contribution in [0.5, 0.6) is 0 Å². The summed E-state index contributed by atoms with van der Waals surface area (Å²) in [5, 5.41) is 0. The van der Waals surface area contributed by atoms with Crippen LogP contribution in [0.15, 0.2) is 24.0 Å². The van der Waals surface area contributed by atoms with Gasteiger partial charge in [-0.15, -0.1) is 0 Å². The van der Waals surface area contributed by atoms with E-state index in [2.05, 4.69) is 51.1 Å². The number of ether oxygens (including phenoxy) is 1. The van der Waals surface area contributed by atoms with Crippen LogP contribution in [0.1, 0.15) is 13.8 Å². The van der Waals surface area contributed by atoms with E-state index in [1.54, 1.807) is 0 Å². The first-order valence-electron chi connectivity index (χ1n) is 5.27. The van der Waals surface area contributed by atoms with E-state index in [0.717, 1.165) is 18.9 Å². The molecule has 14 heavy (non-hydrogen) atoms. The average molecular weight is 195 g/mol. The first kappa shape index (κ1) is 11.3. The Morgan fingerprint density at radius 1 is 1.29 bits per heavy atom. The molecule has 0 N–H and O–H groups in total. The lowest BCUT2D eigenvalue weighted by molar-refractivity contribution is 0.188. The molecule has 0 aromatic carbocycles. The van der Waals surface area contributed by atoms with Gasteiger partial charge < -0.3 is 9.64 Å². The lowest BCUT2D eigenvalue weighted by Gasteiger charge is -2.20. The normalized spacial score (nSPS) is 26.5. The fraction of sp³-hybridized carbons (Fsp3) is 0.667. The van der Waals surface area contributed by atoms with Gasteiger partial charge in [0.15, 0.2) is 0 Å². The van der Waals surface area contributed by atoms with E-state index >= 15 is 0 Å². The second kappa shape index (κ2) is 5.20. The van der Waals surface area contributed by atoms with Crippen molar-refractivity contribution in [3.63, 3.8) is 0 Å². The summed E-state index contributed by atoms with van der Waals surface area (Å²) in [7, 11) is 4.11. The van der Waals surface area contributed by atoms with Gasteiger partial charge in [-0.3, -0.25) is 0 Å². The standard InChI is InChI=1S/C12H21NO/c1-10-5-6-12(9-11(10)2)14-8-7-13(3)4/h5-6,9-11H,7-8H2,1-4H3/t10-,11+/m0/s1. The molecular formula is C12H21NO. The van der Waals surface area contributed by atoms with Crippen LogP contribution in [0, 0.1) is 11.8 Å². The van der Waals surface area contributed by atoms with Crippen LogP contribution < -0.4 is 0 Å². The monoisotopic (exact) mass is 195 g/mol. The number of hydrogen-bond donors (Lipinski definition) is 0. The molecule has 1 aliphatic carbocycles. The minimum atomic E-state index is 0.592. The summed E-state index contributed by atoms with van der Waals surface area (Å²) < 4.78 is 5.65. The summed E-state index contributed by atoms with van der Waals surface area (Å²) in [5.74, 6) is 2.25. The molecule has 0 bridgehead atoms. The van der Waals surface area contributed by atoms with E-state index in [1.165, 1.54) is 0 Å². The Morgan fingerprint density at radius 3 is 2.57 bits per heavy atom. The number of likely N-dealkylation sites (N-methyl/N-ethyl adjacent to an activating group) is 1. The number of hydrogen-bond acceptors (Lipinski definition) is 2. The summed E-state index contributed by atoms with van der Waals surface area (Å²) in [6.07, 6.45) is 6.51. The topological polar surface area (TPSA) is 12.5 Å². The van der Waals surface area contributed by atoms with Gasteiger partial charge in [0, 0.05) is 6.54 Å². The molecule has 2 nitrogen and oxygen atoms in total. The smallest absolute Gasteiger partial charge is 0.115 e. The van der Waals surface area contributed by atoms with Crippen molar-refractivity contribution in [3.05, 3.63) is 24.0 Å². The maximum Gasteiger partial charge on any atom is 0.115 e. The van der Waals surface area contributed by atoms with Crippen LogP contribution >= 0.6 is 0 Å². The van der Waals surface area contributed by atoms with E-state index in [1.807, 2.05) is 0 Å². The summed E-state index contributed by atoms with van der Waals surface area (Å²) in [6.45, 7) is 6.19. The van der Waals surface area contributed by atoms with Crippen molar-refractivity contribution in [2.24, 2.45) is 11.8 Å². The van der Waals surface area contributed by atoms with Gasteiger partial charge >= 0.3 is 0 Å². The molecule has 0 heterocycles. The highest BCUT2D eigenvalue weighted by Crippen LogP contribution is 2.22. The third-order valence-corrected chi connectivity index (χ3v) is 2.63. The summed E-state index contributed by atoms with van der Waals surface area (Å²) in [5.41, 5.74) is 0. The van der Waals surface area contributed by atoms with Gasteiger partial charge in [-0.25, -0.2) is 0 Å². The van der Waals surface area contributed by atoms with Crippen LogP contribution in [0.3, 0.4) is 0 Å². The highest BCUT2D eigenvalue weighted by Gasteiger charge is 2.12. The minimum Gasteiger partial charge on any atom is -0.493 e. The van der Waals surface area contributed by atoms with Gasteiger partial charge in [0.25, 0.3) is 0 Å². The first-order chi connectivity index (χ1) is 6.59. The van der Waals surface area contributed by atoms with Crippen molar-refractivity contribution >= 4 is 0 Å². The Morgan fingerprint density at radius 2 is 2.00 bits per heavy atom. The summed E-state index contributed by atoms with van der Waals surface area (Å²) >= 11 is 0. The first-order valence-corrected chi connectivity index (χ1v) is 5.27. The van der Waals surface area contributed by atoms with Crippen LogP contribution in [0.4, 0.5) is 0 Å². The Kier molecular flexibility index (Phi) is 4.21. The molecule has 0 amide bonds. The quantitative estimate of drug-likeness (QED) is 0.682. The molecule has 0 aliphatic heterocycles. The third-order valence-electron chi connectivity index (χ3n) is 2.63. The second-order valence-corrected chi connectivity index (χ2v) is 4.30. The Hall–Kier alpha value is -0.760. The molecule has 0 fully saturated rings. The maximum atomic E-state index is 5.65. The SMILES string of the molecule is C[C@@H]1C=C(OCCN(C)C)C=C[C@@H]1C. The Labute approximate surface area is 87.2 Å². The highest BCUT2D eigenvalue weighted by molar-refractivity contribution is 5.19. The molecule has 0 aromatic rings. The van der Waals surface area contributed by atoms with Crippen molar-refractivity contribution in [2.75, 3.05) is 27.2 Å². The molecule has 0 saturated carbocycles. The number of nitrogens with zero attached hydrogens (tertiary/aromatic N) is 1. The molecule has 2 atom stereocenters. The van der Waals surface area contributed by atoms with E-state index in [4.69, 9.17) is 4.74 Å². The van der Waals surface area contributed by atoms with Gasteiger partial charge in [-0.2, -0.15) is 0 Å². The molecular weight excluding hydrogens is 174 g/mol. The molecule has 1 rings (SSSR count). The molecule has 0 saturated heterocycles. The van der Waals surface area contributed by atoms with Gasteiger partial charge in [0.1, 0.15) is 12.4 Å². The average Bonchev–Trinajstić information content (AvgIpc) is 2.10. The molecule has 80 valence electrons. The van der Waals surface area contributed by atoms with Gasteiger partial charge in [0.05, 0.1) is 0 Å². The van der Waals surface area contributed by atoms with Gasteiger partial charge in [-0.1, -0.05) is 19.9 Å². The largest absolute Gasteiger partial charge is 0.493 e. The van der Waals surface area contributed by atoms with Gasteiger partial charge in [0.2, 0.25) is 0 Å². The maximum absolute atomic E-state index is 5.65. The van der Waals surface area contributed by atoms with Crippen LogP contribution in [-0.4, -0.2) is 32.1 Å². The molecule has 0 spiro atoms. The molecule has 2 heteroatoms. The highest BCUT2D eigenvalue weighted by atomic mass is 16.5. The predicted molar refractivity (Wildman–Crippen MR) is 60.1 cm³/mol. The fourth-order valence-corrected chi connectivity index (χ4v) is 1.33. The molecule has 0 radical (unpaired) electrons. The van der Waals surface area contributed by atoms with Crippen LogP contribution in [0.2, 0.25) is 0 Å². The Balaban J connectivity index is 2.32. The van der Waals surface area contributed by atoms with E-state index in [0.29, 0.717) is 11.8 Å². The minimum absolute atomic E-state index is 0.592. The molecule has 1 aliphatic rings. The van der Waals surface area contributed by atoms with Crippen LogP contribution in [-0.2, 0) is 4.74 Å². The van der Waals surface area contributed by atoms with Gasteiger partial charge in [-0.05, 0) is 38.1 Å². The van der Waals surface area contributed by atoms with Crippen molar-refractivity contribution in [3.8, 4) is 0 Å². The third kappa shape index (κ3) is 3.54. The molecule has 0 unspecified atom stereocenters. The lowest BCUT2D eigenvalue weighted by atomic mass is 9.91. The van der Waals surface area contributed by atoms with Crippen molar-refractivity contribution in [1.29, 1.82) is 0 Å². The Bertz CT molecular complexity index is 230. The van der Waals surface area contributed by atoms with E-state index in [-0.39, 0.29) is 0 Å². The number of allylic oxidation sites excluding steroid dienone is 3. The van der Waals surface area contributed by atoms with E-state index < -0.39 is 0 Å². The zero-order chi connectivity index (χ0) is 10.6. The zero-order valence-electron chi connectivity index (χ0n) is 9.66. The van der Waals surface area contributed by atoms with Crippen LogP contribution in [0.25, 0.3) is 0 Å². The zero-order valence-corrected chi connectivity index (χ0v) is 9.66. The van der Waals surface area contributed by atoms with Crippen molar-refractivity contribution in [2.45, 2.75) is 13.8 Å². The van der Waals surface area contributed by atoms with Crippen molar-refractivity contribution < 1.29 is 4.74 Å². The second-order valence-electron chi connectivity index (χ2n) is 4.30. The van der Waals surface area contributed by atoms with E-state index in [9.17, 15) is 0 Å². The molecule has 0 aromatic heterocycles. The number of rotatable bonds is 4. The summed E-state index contributed by atoms with van der Waals surface area (Å²) in [4.78, 5) is 2.12.